The molecule has 0 unspecified atom stereocenters. The molecule has 0 atom stereocenters. The smallest absolute Gasteiger partial charge is 0.416 e. The van der Waals surface area contributed by atoms with Crippen molar-refractivity contribution in [2.24, 2.45) is 0 Å². The van der Waals surface area contributed by atoms with Crippen LogP contribution in [0.5, 0.6) is 11.5 Å². The van der Waals surface area contributed by atoms with Gasteiger partial charge in [0.1, 0.15) is 11.5 Å². The Bertz CT molecular complexity index is 782. The van der Waals surface area contributed by atoms with Crippen molar-refractivity contribution in [1.29, 1.82) is 0 Å². The molecule has 0 saturated heterocycles. The molecule has 1 heterocycles. The van der Waals surface area contributed by atoms with E-state index in [2.05, 4.69) is 4.98 Å². The average molecular weight is 329 g/mol. The van der Waals surface area contributed by atoms with Gasteiger partial charge in [-0.1, -0.05) is 0 Å². The van der Waals surface area contributed by atoms with Crippen LogP contribution in [-0.2, 0) is 6.18 Å². The van der Waals surface area contributed by atoms with Gasteiger partial charge in [-0.15, -0.1) is 12.4 Å². The summed E-state index contributed by atoms with van der Waals surface area (Å²) in [4.78, 5) is 3.00. The van der Waals surface area contributed by atoms with Crippen LogP contribution in [0.15, 0.2) is 48.7 Å². The van der Waals surface area contributed by atoms with Crippen molar-refractivity contribution in [2.45, 2.75) is 6.18 Å². The first kappa shape index (κ1) is 16.0. The summed E-state index contributed by atoms with van der Waals surface area (Å²) >= 11 is 0. The van der Waals surface area contributed by atoms with E-state index in [1.165, 1.54) is 12.1 Å². The van der Waals surface area contributed by atoms with E-state index >= 15 is 0 Å². The number of ether oxygens (including phenoxy) is 1. The van der Waals surface area contributed by atoms with E-state index in [-0.39, 0.29) is 12.4 Å². The average Bonchev–Trinajstić information content (AvgIpc) is 2.80. The lowest BCUT2D eigenvalue weighted by molar-refractivity contribution is -0.137. The molecule has 0 aliphatic heterocycles. The van der Waals surface area contributed by atoms with Gasteiger partial charge in [0.05, 0.1) is 11.3 Å². The molecular formula is C15H12ClF3N2O. The van der Waals surface area contributed by atoms with Crippen molar-refractivity contribution in [3.63, 3.8) is 0 Å². The van der Waals surface area contributed by atoms with Crippen molar-refractivity contribution in [1.82, 2.24) is 4.98 Å². The van der Waals surface area contributed by atoms with Crippen molar-refractivity contribution in [3.8, 4) is 11.5 Å². The summed E-state index contributed by atoms with van der Waals surface area (Å²) < 4.78 is 43.0. The Labute approximate surface area is 130 Å². The molecule has 3 rings (SSSR count). The topological polar surface area (TPSA) is 51.0 Å². The zero-order valence-corrected chi connectivity index (χ0v) is 12.0. The number of aromatic nitrogens is 1. The lowest BCUT2D eigenvalue weighted by Crippen LogP contribution is -2.03. The fourth-order valence-electron chi connectivity index (χ4n) is 2.03. The molecular weight excluding hydrogens is 317 g/mol. The number of rotatable bonds is 2. The second kappa shape index (κ2) is 5.81. The van der Waals surface area contributed by atoms with Crippen LogP contribution in [0.4, 0.5) is 18.9 Å². The van der Waals surface area contributed by atoms with Gasteiger partial charge in [-0.05, 0) is 42.5 Å². The molecule has 116 valence electrons. The monoisotopic (exact) mass is 328 g/mol. The summed E-state index contributed by atoms with van der Waals surface area (Å²) in [6, 6.07) is 9.79. The molecule has 0 saturated carbocycles. The Balaban J connectivity index is 0.00000176. The molecule has 0 spiro atoms. The van der Waals surface area contributed by atoms with Crippen molar-refractivity contribution < 1.29 is 17.9 Å². The summed E-state index contributed by atoms with van der Waals surface area (Å²) in [5, 5.41) is 0.805. The number of nitrogen functional groups attached to an aromatic ring is 1. The Morgan fingerprint density at radius 3 is 2.23 bits per heavy atom. The number of halogens is 4. The summed E-state index contributed by atoms with van der Waals surface area (Å²) in [5.74, 6) is 0.838. The molecule has 1 aromatic heterocycles. The molecule has 0 aliphatic carbocycles. The number of anilines is 1. The molecule has 0 fully saturated rings. The number of hydrogen-bond donors (Lipinski definition) is 2. The van der Waals surface area contributed by atoms with Gasteiger partial charge in [0.2, 0.25) is 0 Å². The van der Waals surface area contributed by atoms with Crippen LogP contribution in [0.3, 0.4) is 0 Å². The normalized spacial score (nSPS) is 11.2. The fraction of sp³-hybridized carbons (Fsp3) is 0.0667. The molecule has 3 nitrogen and oxygen atoms in total. The summed E-state index contributed by atoms with van der Waals surface area (Å²) in [6.45, 7) is 0. The van der Waals surface area contributed by atoms with E-state index in [0.29, 0.717) is 17.2 Å². The zero-order valence-electron chi connectivity index (χ0n) is 11.1. The first-order valence-electron chi connectivity index (χ1n) is 6.15. The highest BCUT2D eigenvalue weighted by Gasteiger charge is 2.30. The van der Waals surface area contributed by atoms with E-state index in [1.807, 2.05) is 0 Å². The molecule has 0 radical (unpaired) electrons. The van der Waals surface area contributed by atoms with Crippen molar-refractivity contribution in [3.05, 3.63) is 54.2 Å². The van der Waals surface area contributed by atoms with Crippen LogP contribution >= 0.6 is 12.4 Å². The molecule has 0 amide bonds. The summed E-state index contributed by atoms with van der Waals surface area (Å²) in [7, 11) is 0. The number of H-pyrrole nitrogens is 1. The first-order chi connectivity index (χ1) is 9.93. The van der Waals surface area contributed by atoms with E-state index in [9.17, 15) is 13.2 Å². The highest BCUT2D eigenvalue weighted by atomic mass is 35.5. The number of nitrogens with two attached hydrogens (primary N) is 1. The van der Waals surface area contributed by atoms with Gasteiger partial charge >= 0.3 is 6.18 Å². The van der Waals surface area contributed by atoms with Crippen molar-refractivity contribution >= 4 is 29.0 Å². The van der Waals surface area contributed by atoms with Gasteiger partial charge in [-0.25, -0.2) is 0 Å². The second-order valence-electron chi connectivity index (χ2n) is 4.58. The van der Waals surface area contributed by atoms with Gasteiger partial charge in [0.15, 0.2) is 0 Å². The third kappa shape index (κ3) is 3.12. The Morgan fingerprint density at radius 1 is 0.955 bits per heavy atom. The standard InChI is InChI=1S/C15H11F3N2O.ClH/c16-15(17,18)9-1-3-10(4-2-9)21-11-5-6-14-12(7-11)13(19)8-20-14;/h1-8,20H,19H2;1H. The Morgan fingerprint density at radius 2 is 1.59 bits per heavy atom. The Kier molecular flexibility index (Phi) is 4.23. The van der Waals surface area contributed by atoms with E-state index in [1.54, 1.807) is 24.4 Å². The molecule has 2 aromatic carbocycles. The SMILES string of the molecule is Cl.Nc1c[nH]c2ccc(Oc3ccc(C(F)(F)F)cc3)cc12. The lowest BCUT2D eigenvalue weighted by atomic mass is 10.2. The zero-order chi connectivity index (χ0) is 15.0. The molecule has 3 N–H and O–H groups in total. The lowest BCUT2D eigenvalue weighted by Gasteiger charge is -2.09. The maximum Gasteiger partial charge on any atom is 0.416 e. The van der Waals surface area contributed by atoms with Crippen molar-refractivity contribution in [2.75, 3.05) is 5.73 Å². The first-order valence-corrected chi connectivity index (χ1v) is 6.15. The van der Waals surface area contributed by atoms with Gasteiger partial charge in [0, 0.05) is 17.1 Å². The molecule has 3 aromatic rings. The maximum atomic E-state index is 12.5. The number of nitrogens with one attached hydrogen (secondary N) is 1. The minimum absolute atomic E-state index is 0. The Hall–Kier alpha value is -2.34. The minimum atomic E-state index is -4.35. The number of hydrogen-bond acceptors (Lipinski definition) is 2. The predicted molar refractivity (Wildman–Crippen MR) is 81.5 cm³/mol. The van der Waals surface area contributed by atoms with Gasteiger partial charge < -0.3 is 15.5 Å². The molecule has 22 heavy (non-hydrogen) atoms. The molecule has 0 aliphatic rings. The number of aromatic amines is 1. The van der Waals surface area contributed by atoms with Crippen LogP contribution in [0.1, 0.15) is 5.56 Å². The summed E-state index contributed by atoms with van der Waals surface area (Å²) in [5.41, 5.74) is 6.54. The minimum Gasteiger partial charge on any atom is -0.457 e. The highest BCUT2D eigenvalue weighted by molar-refractivity contribution is 5.92. The van der Waals surface area contributed by atoms with Crippen LogP contribution in [-0.4, -0.2) is 4.98 Å². The quantitative estimate of drug-likeness (QED) is 0.696. The number of alkyl halides is 3. The third-order valence-corrected chi connectivity index (χ3v) is 3.10. The van der Waals surface area contributed by atoms with E-state index < -0.39 is 11.7 Å². The maximum absolute atomic E-state index is 12.5. The van der Waals surface area contributed by atoms with E-state index in [0.717, 1.165) is 23.0 Å². The second-order valence-corrected chi connectivity index (χ2v) is 4.58. The third-order valence-electron chi connectivity index (χ3n) is 3.10. The van der Waals surface area contributed by atoms with E-state index in [4.69, 9.17) is 10.5 Å². The molecule has 7 heteroatoms. The van der Waals surface area contributed by atoms with Crippen LogP contribution in [0, 0.1) is 0 Å². The van der Waals surface area contributed by atoms with Gasteiger partial charge in [-0.3, -0.25) is 0 Å². The van der Waals surface area contributed by atoms with Crippen LogP contribution < -0.4 is 10.5 Å². The van der Waals surface area contributed by atoms with Crippen LogP contribution in [0.25, 0.3) is 10.9 Å². The van der Waals surface area contributed by atoms with Gasteiger partial charge in [-0.2, -0.15) is 13.2 Å². The number of benzene rings is 2. The van der Waals surface area contributed by atoms with Crippen LogP contribution in [0.2, 0.25) is 0 Å². The molecule has 0 bridgehead atoms. The fourth-order valence-corrected chi connectivity index (χ4v) is 2.03. The predicted octanol–water partition coefficient (Wildman–Crippen LogP) is 4.98. The summed E-state index contributed by atoms with van der Waals surface area (Å²) in [6.07, 6.45) is -2.68. The largest absolute Gasteiger partial charge is 0.457 e. The number of fused-ring (bicyclic) bond motifs is 1. The van der Waals surface area contributed by atoms with Gasteiger partial charge in [0.25, 0.3) is 0 Å². The highest BCUT2D eigenvalue weighted by Crippen LogP contribution is 2.32.